The minimum absolute atomic E-state index is 0. The minimum Gasteiger partial charge on any atom is -0.348 e. The number of rotatable bonds is 5. The number of benzene rings is 2. The van der Waals surface area contributed by atoms with Gasteiger partial charge in [-0.2, -0.15) is 0 Å². The molecular weight excluding hydrogens is 398 g/mol. The van der Waals surface area contributed by atoms with E-state index in [9.17, 15) is 13.2 Å². The predicted molar refractivity (Wildman–Crippen MR) is 114 cm³/mol. The molecule has 0 radical (unpaired) electrons. The largest absolute Gasteiger partial charge is 0.348 e. The van der Waals surface area contributed by atoms with Crippen molar-refractivity contribution in [1.29, 1.82) is 0 Å². The molecule has 1 fully saturated rings. The summed E-state index contributed by atoms with van der Waals surface area (Å²) in [6, 6.07) is 15.3. The highest BCUT2D eigenvalue weighted by molar-refractivity contribution is 7.92. The molecule has 152 valence electrons. The van der Waals surface area contributed by atoms with E-state index in [1.54, 1.807) is 36.4 Å². The number of halogens is 1. The molecule has 1 heterocycles. The van der Waals surface area contributed by atoms with Gasteiger partial charge in [0, 0.05) is 24.7 Å². The zero-order valence-corrected chi connectivity index (χ0v) is 17.6. The summed E-state index contributed by atoms with van der Waals surface area (Å²) < 4.78 is 26.8. The molecule has 8 heteroatoms. The number of hydrogen-bond acceptors (Lipinski definition) is 4. The molecule has 3 rings (SSSR count). The summed E-state index contributed by atoms with van der Waals surface area (Å²) >= 11 is 0. The number of nitrogens with zero attached hydrogens (tertiary/aromatic N) is 1. The van der Waals surface area contributed by atoms with Crippen molar-refractivity contribution in [3.63, 3.8) is 0 Å². The molecule has 1 saturated heterocycles. The van der Waals surface area contributed by atoms with Gasteiger partial charge in [0.15, 0.2) is 0 Å². The second-order valence-electron chi connectivity index (χ2n) is 6.80. The Morgan fingerprint density at radius 3 is 2.36 bits per heavy atom. The van der Waals surface area contributed by atoms with E-state index in [-0.39, 0.29) is 35.3 Å². The highest BCUT2D eigenvalue weighted by Gasteiger charge is 2.24. The van der Waals surface area contributed by atoms with Crippen LogP contribution >= 0.6 is 12.4 Å². The predicted octanol–water partition coefficient (Wildman–Crippen LogP) is 2.80. The number of carbonyl (C=O) groups excluding carboxylic acids is 1. The van der Waals surface area contributed by atoms with Crippen molar-refractivity contribution < 1.29 is 13.2 Å². The molecule has 2 N–H and O–H groups in total. The third-order valence-electron chi connectivity index (χ3n) is 4.97. The Morgan fingerprint density at radius 2 is 1.75 bits per heavy atom. The van der Waals surface area contributed by atoms with E-state index >= 15 is 0 Å². The average Bonchev–Trinajstić information content (AvgIpc) is 2.70. The van der Waals surface area contributed by atoms with Crippen molar-refractivity contribution in [3.8, 4) is 0 Å². The third kappa shape index (κ3) is 4.84. The first-order chi connectivity index (χ1) is 12.9. The number of para-hydroxylation sites is 1. The molecule has 2 aromatic rings. The van der Waals surface area contributed by atoms with Crippen LogP contribution in [0.15, 0.2) is 59.5 Å². The van der Waals surface area contributed by atoms with E-state index in [2.05, 4.69) is 17.6 Å². The molecule has 6 nitrogen and oxygen atoms in total. The number of nitrogens with one attached hydrogen (secondary N) is 2. The van der Waals surface area contributed by atoms with Crippen molar-refractivity contribution in [2.45, 2.75) is 36.7 Å². The van der Waals surface area contributed by atoms with E-state index in [4.69, 9.17) is 0 Å². The smallest absolute Gasteiger partial charge is 0.264 e. The van der Waals surface area contributed by atoms with Crippen molar-refractivity contribution in [2.24, 2.45) is 0 Å². The molecule has 0 bridgehead atoms. The zero-order chi connectivity index (χ0) is 19.4. The lowest BCUT2D eigenvalue weighted by molar-refractivity contribution is 0.0919. The Morgan fingerprint density at radius 1 is 1.11 bits per heavy atom. The Balaban J connectivity index is 0.00000280. The molecule has 0 aliphatic carbocycles. The van der Waals surface area contributed by atoms with Gasteiger partial charge < -0.3 is 10.6 Å². The Hall–Kier alpha value is -2.09. The molecule has 28 heavy (non-hydrogen) atoms. The highest BCUT2D eigenvalue weighted by atomic mass is 35.5. The van der Waals surface area contributed by atoms with Crippen LogP contribution in [0.25, 0.3) is 0 Å². The summed E-state index contributed by atoms with van der Waals surface area (Å²) in [7, 11) is -2.16. The first-order valence-electron chi connectivity index (χ1n) is 9.08. The lowest BCUT2D eigenvalue weighted by Gasteiger charge is -2.30. The molecule has 1 aliphatic heterocycles. The van der Waals surface area contributed by atoms with Gasteiger partial charge in [-0.05, 0) is 62.7 Å². The van der Waals surface area contributed by atoms with E-state index in [1.807, 2.05) is 6.07 Å². The average molecular weight is 424 g/mol. The fourth-order valence-corrected chi connectivity index (χ4v) is 4.40. The van der Waals surface area contributed by atoms with Gasteiger partial charge in [-0.1, -0.05) is 18.2 Å². The SMILES string of the molecule is CC1NCCCC1NC(=O)c1ccc(S(=O)(=O)N(C)c2ccccc2)cc1.Cl. The van der Waals surface area contributed by atoms with Gasteiger partial charge in [-0.25, -0.2) is 8.42 Å². The third-order valence-corrected chi connectivity index (χ3v) is 6.77. The molecule has 2 atom stereocenters. The maximum atomic E-state index is 12.8. The Bertz CT molecular complexity index is 889. The second kappa shape index (κ2) is 9.41. The van der Waals surface area contributed by atoms with Crippen molar-refractivity contribution in [2.75, 3.05) is 17.9 Å². The molecule has 0 aromatic heterocycles. The molecule has 0 saturated carbocycles. The number of amides is 1. The van der Waals surface area contributed by atoms with Gasteiger partial charge in [0.05, 0.1) is 10.6 Å². The quantitative estimate of drug-likeness (QED) is 0.775. The standard InChI is InChI=1S/C20H25N3O3S.ClH/c1-15-19(9-6-14-21-15)22-20(24)16-10-12-18(13-11-16)27(25,26)23(2)17-7-4-3-5-8-17;/h3-5,7-8,10-13,15,19,21H,6,9,14H2,1-2H3,(H,22,24);1H. The number of sulfonamides is 1. The van der Waals surface area contributed by atoms with Crippen LogP contribution in [0.1, 0.15) is 30.1 Å². The van der Waals surface area contributed by atoms with Crippen molar-refractivity contribution in [1.82, 2.24) is 10.6 Å². The van der Waals surface area contributed by atoms with Crippen LogP contribution in [0, 0.1) is 0 Å². The maximum absolute atomic E-state index is 12.8. The fraction of sp³-hybridized carbons (Fsp3) is 0.350. The van der Waals surface area contributed by atoms with Crippen LogP contribution in [-0.4, -0.2) is 40.0 Å². The van der Waals surface area contributed by atoms with Gasteiger partial charge >= 0.3 is 0 Å². The van der Waals surface area contributed by atoms with Crippen molar-refractivity contribution >= 4 is 34.0 Å². The van der Waals surface area contributed by atoms with E-state index in [0.29, 0.717) is 11.3 Å². The van der Waals surface area contributed by atoms with Gasteiger partial charge in [0.1, 0.15) is 0 Å². The lowest BCUT2D eigenvalue weighted by Crippen LogP contribution is -2.51. The summed E-state index contributed by atoms with van der Waals surface area (Å²) in [5.41, 5.74) is 1.03. The molecule has 2 aromatic carbocycles. The lowest BCUT2D eigenvalue weighted by atomic mass is 9.99. The maximum Gasteiger partial charge on any atom is 0.264 e. The minimum atomic E-state index is -3.68. The first kappa shape index (κ1) is 22.2. The van der Waals surface area contributed by atoms with Crippen LogP contribution in [0.3, 0.4) is 0 Å². The fourth-order valence-electron chi connectivity index (χ4n) is 3.21. The summed E-state index contributed by atoms with van der Waals surface area (Å²) in [6.07, 6.45) is 1.96. The van der Waals surface area contributed by atoms with E-state index in [1.165, 1.54) is 23.5 Å². The summed E-state index contributed by atoms with van der Waals surface area (Å²) in [4.78, 5) is 12.6. The zero-order valence-electron chi connectivity index (χ0n) is 16.0. The monoisotopic (exact) mass is 423 g/mol. The normalized spacial score (nSPS) is 19.4. The van der Waals surface area contributed by atoms with Crippen molar-refractivity contribution in [3.05, 3.63) is 60.2 Å². The van der Waals surface area contributed by atoms with Crippen LogP contribution < -0.4 is 14.9 Å². The van der Waals surface area contributed by atoms with Gasteiger partial charge in [-0.15, -0.1) is 12.4 Å². The molecule has 1 amide bonds. The summed E-state index contributed by atoms with van der Waals surface area (Å²) in [5.74, 6) is -0.184. The molecule has 1 aliphatic rings. The second-order valence-corrected chi connectivity index (χ2v) is 8.77. The molecular formula is C20H26ClN3O3S. The summed E-state index contributed by atoms with van der Waals surface area (Å²) in [5, 5.41) is 6.38. The van der Waals surface area contributed by atoms with Crippen LogP contribution in [0.4, 0.5) is 5.69 Å². The van der Waals surface area contributed by atoms with Crippen LogP contribution in [-0.2, 0) is 10.0 Å². The topological polar surface area (TPSA) is 78.5 Å². The Labute approximate surface area is 172 Å². The highest BCUT2D eigenvalue weighted by Crippen LogP contribution is 2.22. The molecule has 0 spiro atoms. The van der Waals surface area contributed by atoms with E-state index < -0.39 is 10.0 Å². The van der Waals surface area contributed by atoms with Gasteiger partial charge in [-0.3, -0.25) is 9.10 Å². The number of piperidine rings is 1. The summed E-state index contributed by atoms with van der Waals surface area (Å²) in [6.45, 7) is 3.02. The van der Waals surface area contributed by atoms with Crippen LogP contribution in [0.5, 0.6) is 0 Å². The number of hydrogen-bond donors (Lipinski definition) is 2. The number of anilines is 1. The molecule has 2 unspecified atom stereocenters. The number of carbonyl (C=O) groups is 1. The van der Waals surface area contributed by atoms with Gasteiger partial charge in [0.2, 0.25) is 0 Å². The van der Waals surface area contributed by atoms with Gasteiger partial charge in [0.25, 0.3) is 15.9 Å². The first-order valence-corrected chi connectivity index (χ1v) is 10.5. The van der Waals surface area contributed by atoms with Crippen LogP contribution in [0.2, 0.25) is 0 Å². The Kier molecular flexibility index (Phi) is 7.46. The van der Waals surface area contributed by atoms with E-state index in [0.717, 1.165) is 19.4 Å².